The number of halogens is 1. The number of aromatic nitrogens is 1. The van der Waals surface area contributed by atoms with Gasteiger partial charge in [-0.25, -0.2) is 0 Å². The summed E-state index contributed by atoms with van der Waals surface area (Å²) in [6.07, 6.45) is 3.40. The third-order valence-corrected chi connectivity index (χ3v) is 3.02. The van der Waals surface area contributed by atoms with Crippen LogP contribution in [0.4, 0.5) is 0 Å². The number of H-pyrrole nitrogens is 1. The van der Waals surface area contributed by atoms with Crippen molar-refractivity contribution in [3.63, 3.8) is 0 Å². The molecule has 1 rings (SSSR count). The van der Waals surface area contributed by atoms with Gasteiger partial charge in [-0.3, -0.25) is 9.59 Å². The van der Waals surface area contributed by atoms with Crippen molar-refractivity contribution in [2.45, 2.75) is 26.7 Å². The van der Waals surface area contributed by atoms with Gasteiger partial charge in [0.05, 0.1) is 6.54 Å². The van der Waals surface area contributed by atoms with Gasteiger partial charge in [0.1, 0.15) is 5.69 Å². The highest BCUT2D eigenvalue weighted by Crippen LogP contribution is 2.12. The van der Waals surface area contributed by atoms with Crippen molar-refractivity contribution in [2.75, 3.05) is 19.6 Å². The van der Waals surface area contributed by atoms with Crippen LogP contribution in [0.2, 0.25) is 0 Å². The Morgan fingerprint density at radius 3 is 2.63 bits per heavy atom. The first-order valence-electron chi connectivity index (χ1n) is 6.48. The standard InChI is InChI=1S/C13H20BrN3O2/c1-3-5-15-12(18)9-17(6-4-2)13(19)11-7-10(14)8-16-11/h7-8,16H,3-6,9H2,1-2H3,(H,15,18). The van der Waals surface area contributed by atoms with Crippen molar-refractivity contribution in [3.05, 3.63) is 22.4 Å². The zero-order valence-electron chi connectivity index (χ0n) is 11.3. The first-order chi connectivity index (χ1) is 9.08. The molecule has 0 aliphatic carbocycles. The topological polar surface area (TPSA) is 65.2 Å². The average molecular weight is 330 g/mol. The zero-order chi connectivity index (χ0) is 14.3. The lowest BCUT2D eigenvalue weighted by Crippen LogP contribution is -2.41. The van der Waals surface area contributed by atoms with E-state index in [4.69, 9.17) is 0 Å². The Kier molecular flexibility index (Phi) is 6.62. The van der Waals surface area contributed by atoms with Gasteiger partial charge in [0.15, 0.2) is 0 Å². The lowest BCUT2D eigenvalue weighted by Gasteiger charge is -2.20. The second kappa shape index (κ2) is 7.99. The SMILES string of the molecule is CCCNC(=O)CN(CCC)C(=O)c1cc(Br)c[nH]1. The molecule has 0 aliphatic rings. The largest absolute Gasteiger partial charge is 0.356 e. The molecule has 6 heteroatoms. The van der Waals surface area contributed by atoms with E-state index in [1.165, 1.54) is 0 Å². The number of hydrogen-bond donors (Lipinski definition) is 2. The van der Waals surface area contributed by atoms with Crippen LogP contribution in [0.1, 0.15) is 37.2 Å². The Balaban J connectivity index is 2.66. The predicted molar refractivity (Wildman–Crippen MR) is 78.0 cm³/mol. The van der Waals surface area contributed by atoms with Gasteiger partial charge in [0.25, 0.3) is 5.91 Å². The van der Waals surface area contributed by atoms with Gasteiger partial charge in [-0.05, 0) is 34.8 Å². The molecule has 1 heterocycles. The molecule has 0 saturated heterocycles. The molecule has 0 unspecified atom stereocenters. The van der Waals surface area contributed by atoms with Gasteiger partial charge in [-0.15, -0.1) is 0 Å². The van der Waals surface area contributed by atoms with E-state index in [0.29, 0.717) is 18.8 Å². The van der Waals surface area contributed by atoms with Crippen LogP contribution in [-0.2, 0) is 4.79 Å². The fraction of sp³-hybridized carbons (Fsp3) is 0.538. The highest BCUT2D eigenvalue weighted by molar-refractivity contribution is 9.10. The quantitative estimate of drug-likeness (QED) is 0.805. The fourth-order valence-electron chi connectivity index (χ4n) is 1.68. The number of amides is 2. The van der Waals surface area contributed by atoms with Crippen LogP contribution in [0.25, 0.3) is 0 Å². The summed E-state index contributed by atoms with van der Waals surface area (Å²) in [6.45, 7) is 5.28. The zero-order valence-corrected chi connectivity index (χ0v) is 12.9. The van der Waals surface area contributed by atoms with E-state index in [0.717, 1.165) is 17.3 Å². The number of nitrogens with one attached hydrogen (secondary N) is 2. The maximum Gasteiger partial charge on any atom is 0.270 e. The third-order valence-electron chi connectivity index (χ3n) is 2.57. The Hall–Kier alpha value is -1.30. The second-order valence-corrected chi connectivity index (χ2v) is 5.22. The molecule has 0 bridgehead atoms. The Morgan fingerprint density at radius 2 is 2.11 bits per heavy atom. The van der Waals surface area contributed by atoms with E-state index in [9.17, 15) is 9.59 Å². The Morgan fingerprint density at radius 1 is 1.37 bits per heavy atom. The lowest BCUT2D eigenvalue weighted by atomic mass is 10.3. The molecule has 2 N–H and O–H groups in total. The van der Waals surface area contributed by atoms with E-state index < -0.39 is 0 Å². The number of hydrogen-bond acceptors (Lipinski definition) is 2. The third kappa shape index (κ3) is 5.06. The van der Waals surface area contributed by atoms with Gasteiger partial charge in [-0.1, -0.05) is 13.8 Å². The minimum atomic E-state index is -0.154. The summed E-state index contributed by atoms with van der Waals surface area (Å²) in [5.41, 5.74) is 0.489. The minimum Gasteiger partial charge on any atom is -0.356 e. The van der Waals surface area contributed by atoms with Crippen molar-refractivity contribution in [1.29, 1.82) is 0 Å². The number of rotatable bonds is 7. The van der Waals surface area contributed by atoms with Gasteiger partial charge in [-0.2, -0.15) is 0 Å². The van der Waals surface area contributed by atoms with E-state index in [-0.39, 0.29) is 18.4 Å². The maximum atomic E-state index is 12.3. The van der Waals surface area contributed by atoms with Crippen molar-refractivity contribution in [2.24, 2.45) is 0 Å². The van der Waals surface area contributed by atoms with E-state index >= 15 is 0 Å². The van der Waals surface area contributed by atoms with Crippen LogP contribution < -0.4 is 5.32 Å². The highest BCUT2D eigenvalue weighted by Gasteiger charge is 2.19. The summed E-state index contributed by atoms with van der Waals surface area (Å²) in [7, 11) is 0. The molecule has 5 nitrogen and oxygen atoms in total. The van der Waals surface area contributed by atoms with Gasteiger partial charge in [0.2, 0.25) is 5.91 Å². The number of carbonyl (C=O) groups excluding carboxylic acids is 2. The fourth-order valence-corrected chi connectivity index (χ4v) is 2.02. The highest BCUT2D eigenvalue weighted by atomic mass is 79.9. The molecule has 0 aliphatic heterocycles. The van der Waals surface area contributed by atoms with Crippen molar-refractivity contribution < 1.29 is 9.59 Å². The molecule has 2 amide bonds. The molecule has 0 radical (unpaired) electrons. The number of aromatic amines is 1. The molecule has 0 fully saturated rings. The summed E-state index contributed by atoms with van der Waals surface area (Å²) >= 11 is 3.29. The van der Waals surface area contributed by atoms with Crippen LogP contribution in [0.5, 0.6) is 0 Å². The van der Waals surface area contributed by atoms with Gasteiger partial charge < -0.3 is 15.2 Å². The molecule has 0 aromatic carbocycles. The molecule has 1 aromatic rings. The molecular weight excluding hydrogens is 310 g/mol. The summed E-state index contributed by atoms with van der Waals surface area (Å²) < 4.78 is 0.822. The Bertz CT molecular complexity index is 431. The Labute approximate surface area is 121 Å². The van der Waals surface area contributed by atoms with Crippen LogP contribution in [0, 0.1) is 0 Å². The smallest absolute Gasteiger partial charge is 0.270 e. The summed E-state index contributed by atoms with van der Waals surface area (Å²) in [5.74, 6) is -0.270. The van der Waals surface area contributed by atoms with E-state index in [2.05, 4.69) is 26.2 Å². The molecule has 1 aromatic heterocycles. The summed E-state index contributed by atoms with van der Waals surface area (Å²) in [6, 6.07) is 1.72. The first-order valence-corrected chi connectivity index (χ1v) is 7.27. The lowest BCUT2D eigenvalue weighted by molar-refractivity contribution is -0.121. The van der Waals surface area contributed by atoms with Crippen LogP contribution in [0.3, 0.4) is 0 Å². The van der Waals surface area contributed by atoms with Crippen molar-refractivity contribution in [3.8, 4) is 0 Å². The molecule has 0 spiro atoms. The summed E-state index contributed by atoms with van der Waals surface area (Å²) in [5, 5.41) is 2.78. The number of nitrogens with zero attached hydrogens (tertiary/aromatic N) is 1. The minimum absolute atomic E-state index is 0.101. The first kappa shape index (κ1) is 15.8. The van der Waals surface area contributed by atoms with E-state index in [1.54, 1.807) is 17.2 Å². The van der Waals surface area contributed by atoms with E-state index in [1.807, 2.05) is 13.8 Å². The van der Waals surface area contributed by atoms with Crippen molar-refractivity contribution in [1.82, 2.24) is 15.2 Å². The van der Waals surface area contributed by atoms with Gasteiger partial charge in [0, 0.05) is 23.8 Å². The summed E-state index contributed by atoms with van der Waals surface area (Å²) in [4.78, 5) is 28.4. The number of carbonyl (C=O) groups is 2. The van der Waals surface area contributed by atoms with Crippen molar-refractivity contribution >= 4 is 27.7 Å². The normalized spacial score (nSPS) is 10.3. The molecular formula is C13H20BrN3O2. The van der Waals surface area contributed by atoms with Gasteiger partial charge >= 0.3 is 0 Å². The predicted octanol–water partition coefficient (Wildman–Crippen LogP) is 2.16. The van der Waals surface area contributed by atoms with Crippen LogP contribution in [0.15, 0.2) is 16.7 Å². The molecule has 19 heavy (non-hydrogen) atoms. The molecule has 0 atom stereocenters. The monoisotopic (exact) mass is 329 g/mol. The molecule has 0 saturated carbocycles. The van der Waals surface area contributed by atoms with Crippen LogP contribution >= 0.6 is 15.9 Å². The average Bonchev–Trinajstić information content (AvgIpc) is 2.81. The second-order valence-electron chi connectivity index (χ2n) is 4.31. The maximum absolute atomic E-state index is 12.3. The van der Waals surface area contributed by atoms with Crippen LogP contribution in [-0.4, -0.2) is 41.3 Å². The molecule has 106 valence electrons.